The fraction of sp³-hybridized carbons (Fsp3) is 0.417. The van der Waals surface area contributed by atoms with Crippen LogP contribution >= 0.6 is 22.6 Å². The van der Waals surface area contributed by atoms with Crippen molar-refractivity contribution < 1.29 is 18.5 Å². The van der Waals surface area contributed by atoms with E-state index in [-0.39, 0.29) is 12.0 Å². The molecule has 1 rings (SSSR count). The number of halogens is 3. The molecule has 0 saturated heterocycles. The van der Waals surface area contributed by atoms with Crippen molar-refractivity contribution >= 4 is 34.2 Å². The van der Waals surface area contributed by atoms with Gasteiger partial charge < -0.3 is 5.32 Å². The van der Waals surface area contributed by atoms with Gasteiger partial charge in [-0.1, -0.05) is 36.4 Å². The van der Waals surface area contributed by atoms with Crippen LogP contribution in [0.1, 0.15) is 24.2 Å². The highest BCUT2D eigenvalue weighted by Gasteiger charge is 2.27. The van der Waals surface area contributed by atoms with Gasteiger partial charge in [-0.25, -0.2) is 4.39 Å². The first kappa shape index (κ1) is 16.7. The van der Waals surface area contributed by atoms with Gasteiger partial charge in [0, 0.05) is 16.5 Å². The van der Waals surface area contributed by atoms with Gasteiger partial charge >= 0.3 is 5.69 Å². The quantitative estimate of drug-likeness (QED) is 0.359. The summed E-state index contributed by atoms with van der Waals surface area (Å²) in [5.74, 6) is -3.50. The minimum Gasteiger partial charge on any atom is -0.348 e. The molecule has 1 unspecified atom stereocenters. The fourth-order valence-corrected chi connectivity index (χ4v) is 2.75. The van der Waals surface area contributed by atoms with Crippen molar-refractivity contribution in [1.82, 2.24) is 5.32 Å². The van der Waals surface area contributed by atoms with Crippen LogP contribution in [0.5, 0.6) is 0 Å². The van der Waals surface area contributed by atoms with E-state index >= 15 is 0 Å². The van der Waals surface area contributed by atoms with E-state index in [1.54, 1.807) is 0 Å². The summed E-state index contributed by atoms with van der Waals surface area (Å²) in [7, 11) is 0. The van der Waals surface area contributed by atoms with Crippen LogP contribution in [0.15, 0.2) is 12.1 Å². The maximum absolute atomic E-state index is 13.8. The summed E-state index contributed by atoms with van der Waals surface area (Å²) in [6.07, 6.45) is 0. The van der Waals surface area contributed by atoms with Crippen LogP contribution in [0.4, 0.5) is 14.5 Å². The van der Waals surface area contributed by atoms with Crippen molar-refractivity contribution in [2.75, 3.05) is 4.43 Å². The number of benzene rings is 1. The number of rotatable bonds is 5. The molecule has 0 aliphatic carbocycles. The highest BCUT2D eigenvalue weighted by Crippen LogP contribution is 2.23. The lowest BCUT2D eigenvalue weighted by Gasteiger charge is -2.20. The number of amides is 1. The SMILES string of the molecule is CC(C)C(CI)NC(=O)c1c(F)ccc([N+](=O)[O-])c1F. The number of hydrogen-bond acceptors (Lipinski definition) is 3. The second-order valence-electron chi connectivity index (χ2n) is 4.49. The molecule has 8 heteroatoms. The summed E-state index contributed by atoms with van der Waals surface area (Å²) in [5.41, 5.74) is -1.85. The third-order valence-electron chi connectivity index (χ3n) is 2.78. The summed E-state index contributed by atoms with van der Waals surface area (Å²) in [4.78, 5) is 21.5. The predicted molar refractivity (Wildman–Crippen MR) is 78.0 cm³/mol. The van der Waals surface area contributed by atoms with Crippen LogP contribution in [-0.2, 0) is 0 Å². The summed E-state index contributed by atoms with van der Waals surface area (Å²) in [6, 6.07) is 1.13. The van der Waals surface area contributed by atoms with Gasteiger partial charge in [-0.2, -0.15) is 4.39 Å². The van der Waals surface area contributed by atoms with Crippen LogP contribution in [0.2, 0.25) is 0 Å². The standard InChI is InChI=1S/C12H13F2IN2O3/c1-6(2)8(5-15)16-12(18)10-7(13)3-4-9(11(10)14)17(19)20/h3-4,6,8H,5H2,1-2H3,(H,16,18). The summed E-state index contributed by atoms with van der Waals surface area (Å²) < 4.78 is 28.0. The molecule has 0 saturated carbocycles. The first-order valence-corrected chi connectivity index (χ1v) is 7.31. The average molecular weight is 398 g/mol. The second kappa shape index (κ2) is 6.91. The van der Waals surface area contributed by atoms with Crippen molar-refractivity contribution in [1.29, 1.82) is 0 Å². The van der Waals surface area contributed by atoms with Crippen LogP contribution in [0.3, 0.4) is 0 Å². The average Bonchev–Trinajstić information content (AvgIpc) is 2.35. The highest BCUT2D eigenvalue weighted by molar-refractivity contribution is 14.1. The van der Waals surface area contributed by atoms with Crippen molar-refractivity contribution in [3.8, 4) is 0 Å². The zero-order valence-corrected chi connectivity index (χ0v) is 13.0. The van der Waals surface area contributed by atoms with E-state index in [4.69, 9.17) is 0 Å². The topological polar surface area (TPSA) is 72.2 Å². The molecule has 1 amide bonds. The number of hydrogen-bond donors (Lipinski definition) is 1. The van der Waals surface area contributed by atoms with Crippen molar-refractivity contribution in [2.24, 2.45) is 5.92 Å². The second-order valence-corrected chi connectivity index (χ2v) is 5.37. The Hall–Kier alpha value is -1.32. The first-order chi connectivity index (χ1) is 9.29. The molecule has 5 nitrogen and oxygen atoms in total. The molecule has 0 bridgehead atoms. The highest BCUT2D eigenvalue weighted by atomic mass is 127. The van der Waals surface area contributed by atoms with Crippen LogP contribution in [0, 0.1) is 27.7 Å². The summed E-state index contributed by atoms with van der Waals surface area (Å²) in [5, 5.41) is 13.1. The monoisotopic (exact) mass is 398 g/mol. The Balaban J connectivity index is 3.16. The Morgan fingerprint density at radius 2 is 2.05 bits per heavy atom. The molecule has 1 aromatic rings. The normalized spacial score (nSPS) is 12.3. The molecule has 0 aliphatic rings. The first-order valence-electron chi connectivity index (χ1n) is 5.78. The molecule has 1 atom stereocenters. The molecule has 1 N–H and O–H groups in total. The van der Waals surface area contributed by atoms with Gasteiger partial charge in [-0.05, 0) is 12.0 Å². The molecular formula is C12H13F2IN2O3. The summed E-state index contributed by atoms with van der Waals surface area (Å²) in [6.45, 7) is 3.70. The number of nitrogens with zero attached hydrogens (tertiary/aromatic N) is 1. The molecule has 0 heterocycles. The third kappa shape index (κ3) is 3.62. The molecular weight excluding hydrogens is 385 g/mol. The molecule has 0 aliphatic heterocycles. The lowest BCUT2D eigenvalue weighted by Crippen LogP contribution is -2.40. The fourth-order valence-electron chi connectivity index (χ4n) is 1.51. The van der Waals surface area contributed by atoms with Gasteiger partial charge in [0.25, 0.3) is 5.91 Å². The number of alkyl halides is 1. The largest absolute Gasteiger partial charge is 0.348 e. The zero-order valence-electron chi connectivity index (χ0n) is 10.8. The molecule has 0 spiro atoms. The van der Waals surface area contributed by atoms with Crippen molar-refractivity contribution in [2.45, 2.75) is 19.9 Å². The Kier molecular flexibility index (Phi) is 5.78. The Bertz CT molecular complexity index is 538. The maximum Gasteiger partial charge on any atom is 0.305 e. The number of carbonyl (C=O) groups excluding carboxylic acids is 1. The van der Waals surface area contributed by atoms with Crippen LogP contribution < -0.4 is 5.32 Å². The van der Waals surface area contributed by atoms with E-state index in [0.29, 0.717) is 16.6 Å². The van der Waals surface area contributed by atoms with Crippen molar-refractivity contribution in [3.05, 3.63) is 39.4 Å². The lowest BCUT2D eigenvalue weighted by molar-refractivity contribution is -0.387. The Morgan fingerprint density at radius 3 is 2.50 bits per heavy atom. The van der Waals surface area contributed by atoms with E-state index < -0.39 is 33.7 Å². The molecule has 20 heavy (non-hydrogen) atoms. The minimum atomic E-state index is -1.46. The van der Waals surface area contributed by atoms with Gasteiger partial charge in [0.2, 0.25) is 5.82 Å². The van der Waals surface area contributed by atoms with E-state index in [1.165, 1.54) is 0 Å². The minimum absolute atomic E-state index is 0.0701. The Labute approximate surface area is 128 Å². The smallest absolute Gasteiger partial charge is 0.305 e. The zero-order chi connectivity index (χ0) is 15.4. The van der Waals surface area contributed by atoms with Gasteiger partial charge in [-0.15, -0.1) is 0 Å². The van der Waals surface area contributed by atoms with Gasteiger partial charge in [0.05, 0.1) is 4.92 Å². The predicted octanol–water partition coefficient (Wildman–Crippen LogP) is 3.06. The molecule has 110 valence electrons. The number of nitro benzene ring substituents is 1. The Morgan fingerprint density at radius 1 is 1.45 bits per heavy atom. The maximum atomic E-state index is 13.8. The van der Waals surface area contributed by atoms with Crippen LogP contribution in [-0.4, -0.2) is 21.3 Å². The third-order valence-corrected chi connectivity index (χ3v) is 3.73. The van der Waals surface area contributed by atoms with Gasteiger partial charge in [0.15, 0.2) is 0 Å². The van der Waals surface area contributed by atoms with Crippen LogP contribution in [0.25, 0.3) is 0 Å². The van der Waals surface area contributed by atoms with E-state index in [1.807, 2.05) is 36.4 Å². The molecule has 1 aromatic carbocycles. The molecule has 0 fully saturated rings. The number of nitro groups is 1. The van der Waals surface area contributed by atoms with E-state index in [0.717, 1.165) is 0 Å². The van der Waals surface area contributed by atoms with E-state index in [2.05, 4.69) is 5.32 Å². The summed E-state index contributed by atoms with van der Waals surface area (Å²) >= 11 is 2.04. The molecule has 0 radical (unpaired) electrons. The van der Waals surface area contributed by atoms with Gasteiger partial charge in [-0.3, -0.25) is 14.9 Å². The number of carbonyl (C=O) groups is 1. The van der Waals surface area contributed by atoms with Gasteiger partial charge in [0.1, 0.15) is 11.4 Å². The lowest BCUT2D eigenvalue weighted by atomic mass is 10.1. The van der Waals surface area contributed by atoms with E-state index in [9.17, 15) is 23.7 Å². The van der Waals surface area contributed by atoms with Crippen molar-refractivity contribution in [3.63, 3.8) is 0 Å². The molecule has 0 aromatic heterocycles. The number of nitrogens with one attached hydrogen (secondary N) is 1.